The van der Waals surface area contributed by atoms with E-state index < -0.39 is 11.7 Å². The molecule has 0 saturated carbocycles. The fraction of sp³-hybridized carbons (Fsp3) is 0.737. The minimum Gasteiger partial charge on any atom is -0.411 e. The van der Waals surface area contributed by atoms with Gasteiger partial charge in [0.25, 0.3) is 0 Å². The Morgan fingerprint density at radius 3 is 2.26 bits per heavy atom. The van der Waals surface area contributed by atoms with Crippen molar-refractivity contribution < 1.29 is 15.4 Å². The summed E-state index contributed by atoms with van der Waals surface area (Å²) in [5, 5.41) is 32.4. The van der Waals surface area contributed by atoms with Gasteiger partial charge in [-0.1, -0.05) is 76.5 Å². The maximum Gasteiger partial charge on any atom is 0.197 e. The second kappa shape index (κ2) is 10.6. The summed E-state index contributed by atoms with van der Waals surface area (Å²) < 4.78 is 0. The highest BCUT2D eigenvalue weighted by atomic mass is 16.5. The maximum absolute atomic E-state index is 10.3. The van der Waals surface area contributed by atoms with E-state index in [4.69, 9.17) is 5.21 Å². The van der Waals surface area contributed by atoms with Crippen LogP contribution in [0.4, 0.5) is 0 Å². The number of rotatable bonds is 11. The average molecular weight is 323 g/mol. The minimum atomic E-state index is -1.94. The number of allylic oxidation sites excluding steroid dienone is 2. The second-order valence-corrected chi connectivity index (χ2v) is 6.55. The molecule has 0 saturated heterocycles. The highest BCUT2D eigenvalue weighted by Gasteiger charge is 2.38. The molecule has 4 nitrogen and oxygen atoms in total. The van der Waals surface area contributed by atoms with Crippen LogP contribution < -0.4 is 0 Å². The number of hydrogen-bond donors (Lipinski definition) is 3. The quantitative estimate of drug-likeness (QED) is 0.172. The van der Waals surface area contributed by atoms with Crippen LogP contribution in [0.3, 0.4) is 0 Å². The summed E-state index contributed by atoms with van der Waals surface area (Å²) >= 11 is 0. The van der Waals surface area contributed by atoms with Crippen LogP contribution in [0.1, 0.15) is 78.1 Å². The lowest BCUT2D eigenvalue weighted by Crippen LogP contribution is -2.41. The van der Waals surface area contributed by atoms with E-state index >= 15 is 0 Å². The van der Waals surface area contributed by atoms with Crippen molar-refractivity contribution in [1.82, 2.24) is 0 Å². The van der Waals surface area contributed by atoms with E-state index in [0.29, 0.717) is 12.0 Å². The molecule has 1 rings (SSSR count). The van der Waals surface area contributed by atoms with Gasteiger partial charge in [0.15, 0.2) is 5.79 Å². The number of unbranched alkanes of at least 4 members (excludes halogenated alkanes) is 6. The maximum atomic E-state index is 10.3. The van der Waals surface area contributed by atoms with Gasteiger partial charge in [0, 0.05) is 0 Å². The molecule has 0 aromatic heterocycles. The molecule has 0 radical (unpaired) electrons. The van der Waals surface area contributed by atoms with Gasteiger partial charge in [-0.15, -0.1) is 5.16 Å². The molecule has 0 aromatic carbocycles. The van der Waals surface area contributed by atoms with Crippen LogP contribution in [0.5, 0.6) is 0 Å². The fourth-order valence-electron chi connectivity index (χ4n) is 3.13. The molecule has 0 heterocycles. The van der Waals surface area contributed by atoms with Gasteiger partial charge < -0.3 is 15.4 Å². The van der Waals surface area contributed by atoms with Crippen molar-refractivity contribution in [2.45, 2.75) is 83.8 Å². The van der Waals surface area contributed by atoms with E-state index in [2.05, 4.69) is 12.1 Å². The van der Waals surface area contributed by atoms with E-state index in [0.717, 1.165) is 24.8 Å². The fourth-order valence-corrected chi connectivity index (χ4v) is 3.13. The third kappa shape index (κ3) is 6.48. The zero-order valence-electron chi connectivity index (χ0n) is 14.7. The Morgan fingerprint density at radius 2 is 1.65 bits per heavy atom. The lowest BCUT2D eigenvalue weighted by molar-refractivity contribution is -0.144. The van der Waals surface area contributed by atoms with Gasteiger partial charge in [0.05, 0.1) is 12.1 Å². The highest BCUT2D eigenvalue weighted by Crippen LogP contribution is 2.34. The Bertz CT molecular complexity index is 424. The molecule has 4 heteroatoms. The van der Waals surface area contributed by atoms with Crippen LogP contribution >= 0.6 is 0 Å². The van der Waals surface area contributed by atoms with E-state index in [1.807, 2.05) is 19.1 Å². The molecule has 1 unspecified atom stereocenters. The van der Waals surface area contributed by atoms with Crippen molar-refractivity contribution in [2.24, 2.45) is 11.1 Å². The summed E-state index contributed by atoms with van der Waals surface area (Å²) in [6.07, 6.45) is 16.2. The van der Waals surface area contributed by atoms with Gasteiger partial charge >= 0.3 is 0 Å². The molecule has 0 aliphatic heterocycles. The third-order valence-corrected chi connectivity index (χ3v) is 4.51. The summed E-state index contributed by atoms with van der Waals surface area (Å²) in [5.74, 6) is -2.62. The van der Waals surface area contributed by atoms with Crippen molar-refractivity contribution in [3.63, 3.8) is 0 Å². The summed E-state index contributed by atoms with van der Waals surface area (Å²) in [4.78, 5) is 0. The standard InChI is InChI=1S/C19H33NO3/c1-3-5-6-7-8-9-10-12-16-13-17(11-4-2)19(21,22)18(14-16)15-20-23/h13-15,18,21-23H,3-12H2,1-2H3. The predicted octanol–water partition coefficient (Wildman–Crippen LogP) is 4.55. The molecule has 0 fully saturated rings. The van der Waals surface area contributed by atoms with Crippen LogP contribution in [-0.2, 0) is 0 Å². The molecule has 3 N–H and O–H groups in total. The SMILES string of the molecule is CCCCCCCCCC1=CC(C=NO)C(O)(O)C(CCC)=C1. The number of nitrogens with zero attached hydrogens (tertiary/aromatic N) is 1. The topological polar surface area (TPSA) is 73.1 Å². The molecule has 1 aliphatic rings. The first-order chi connectivity index (χ1) is 11.1. The van der Waals surface area contributed by atoms with Crippen molar-refractivity contribution in [2.75, 3.05) is 0 Å². The average Bonchev–Trinajstić information content (AvgIpc) is 2.51. The summed E-state index contributed by atoms with van der Waals surface area (Å²) in [6, 6.07) is 0. The summed E-state index contributed by atoms with van der Waals surface area (Å²) in [6.45, 7) is 4.24. The van der Waals surface area contributed by atoms with Gasteiger partial charge in [-0.05, 0) is 24.8 Å². The predicted molar refractivity (Wildman–Crippen MR) is 94.6 cm³/mol. The molecular weight excluding hydrogens is 290 g/mol. The molecule has 0 bridgehead atoms. The molecule has 1 aliphatic carbocycles. The van der Waals surface area contributed by atoms with Crippen LogP contribution in [-0.4, -0.2) is 27.4 Å². The van der Waals surface area contributed by atoms with Crippen molar-refractivity contribution in [1.29, 1.82) is 0 Å². The monoisotopic (exact) mass is 323 g/mol. The lowest BCUT2D eigenvalue weighted by atomic mass is 9.82. The zero-order chi connectivity index (χ0) is 17.1. The first-order valence-corrected chi connectivity index (χ1v) is 9.10. The smallest absolute Gasteiger partial charge is 0.197 e. The van der Waals surface area contributed by atoms with Gasteiger partial charge in [-0.25, -0.2) is 0 Å². The van der Waals surface area contributed by atoms with Crippen molar-refractivity contribution in [3.05, 3.63) is 23.3 Å². The number of hydrogen-bond acceptors (Lipinski definition) is 4. The Kier molecular flexibility index (Phi) is 9.19. The number of oxime groups is 1. The van der Waals surface area contributed by atoms with Crippen LogP contribution in [0, 0.1) is 5.92 Å². The Hall–Kier alpha value is -1.13. The molecule has 132 valence electrons. The van der Waals surface area contributed by atoms with Gasteiger partial charge in [0.2, 0.25) is 0 Å². The Balaban J connectivity index is 2.55. The Labute approximate surface area is 140 Å². The van der Waals surface area contributed by atoms with Gasteiger partial charge in [-0.3, -0.25) is 0 Å². The van der Waals surface area contributed by atoms with E-state index in [1.54, 1.807) is 0 Å². The van der Waals surface area contributed by atoms with Crippen molar-refractivity contribution >= 4 is 6.21 Å². The first kappa shape index (κ1) is 19.9. The summed E-state index contributed by atoms with van der Waals surface area (Å²) in [7, 11) is 0. The second-order valence-electron chi connectivity index (χ2n) is 6.55. The van der Waals surface area contributed by atoms with Crippen LogP contribution in [0.25, 0.3) is 0 Å². The van der Waals surface area contributed by atoms with Gasteiger partial charge in [0.1, 0.15) is 0 Å². The molecular formula is C19H33NO3. The van der Waals surface area contributed by atoms with Crippen LogP contribution in [0.2, 0.25) is 0 Å². The first-order valence-electron chi connectivity index (χ1n) is 9.10. The Morgan fingerprint density at radius 1 is 1.00 bits per heavy atom. The van der Waals surface area contributed by atoms with Crippen LogP contribution in [0.15, 0.2) is 28.5 Å². The zero-order valence-corrected chi connectivity index (χ0v) is 14.7. The highest BCUT2D eigenvalue weighted by molar-refractivity contribution is 5.67. The largest absolute Gasteiger partial charge is 0.411 e. The lowest BCUT2D eigenvalue weighted by Gasteiger charge is -2.33. The molecule has 0 amide bonds. The molecule has 23 heavy (non-hydrogen) atoms. The van der Waals surface area contributed by atoms with E-state index in [1.165, 1.54) is 44.7 Å². The van der Waals surface area contributed by atoms with E-state index in [-0.39, 0.29) is 0 Å². The number of aliphatic hydroxyl groups is 2. The third-order valence-electron chi connectivity index (χ3n) is 4.51. The molecule has 1 atom stereocenters. The molecule has 0 aromatic rings. The summed E-state index contributed by atoms with van der Waals surface area (Å²) in [5.41, 5.74) is 1.73. The minimum absolute atomic E-state index is 0.616. The van der Waals surface area contributed by atoms with E-state index in [9.17, 15) is 10.2 Å². The molecule has 0 spiro atoms. The van der Waals surface area contributed by atoms with Crippen molar-refractivity contribution in [3.8, 4) is 0 Å². The normalized spacial score (nSPS) is 20.6. The van der Waals surface area contributed by atoms with Gasteiger partial charge in [-0.2, -0.15) is 0 Å².